The summed E-state index contributed by atoms with van der Waals surface area (Å²) in [7, 11) is -3.40. The van der Waals surface area contributed by atoms with Gasteiger partial charge >= 0.3 is 0 Å². The summed E-state index contributed by atoms with van der Waals surface area (Å²) in [6, 6.07) is 5.86. The van der Waals surface area contributed by atoms with Crippen LogP contribution in [0, 0.1) is 0 Å². The van der Waals surface area contributed by atoms with Crippen LogP contribution in [0.2, 0.25) is 0 Å². The molecular formula is C17H20N2O2S2. The van der Waals surface area contributed by atoms with Gasteiger partial charge in [-0.3, -0.25) is 0 Å². The molecule has 0 bridgehead atoms. The second-order valence-corrected chi connectivity index (χ2v) is 9.18. The van der Waals surface area contributed by atoms with Gasteiger partial charge in [-0.2, -0.15) is 4.31 Å². The number of thiazole rings is 1. The van der Waals surface area contributed by atoms with Crippen LogP contribution in [0.3, 0.4) is 0 Å². The molecule has 6 heteroatoms. The molecule has 0 unspecified atom stereocenters. The van der Waals surface area contributed by atoms with Gasteiger partial charge in [0.15, 0.2) is 0 Å². The molecule has 0 atom stereocenters. The van der Waals surface area contributed by atoms with E-state index in [-0.39, 0.29) is 6.04 Å². The van der Waals surface area contributed by atoms with Crippen LogP contribution in [0.5, 0.6) is 0 Å². The number of fused-ring (bicyclic) bond motifs is 1. The van der Waals surface area contributed by atoms with Crippen LogP contribution in [-0.2, 0) is 29.3 Å². The highest BCUT2D eigenvalue weighted by molar-refractivity contribution is 7.89. The van der Waals surface area contributed by atoms with E-state index in [9.17, 15) is 8.42 Å². The van der Waals surface area contributed by atoms with E-state index in [0.29, 0.717) is 17.9 Å². The average molecular weight is 348 g/mol. The summed E-state index contributed by atoms with van der Waals surface area (Å²) in [5.41, 5.74) is 2.52. The highest BCUT2D eigenvalue weighted by atomic mass is 32.2. The first-order chi connectivity index (χ1) is 11.1. The van der Waals surface area contributed by atoms with Gasteiger partial charge in [0, 0.05) is 30.6 Å². The zero-order valence-corrected chi connectivity index (χ0v) is 14.6. The number of hydrogen-bond acceptors (Lipinski definition) is 4. The SMILES string of the molecule is O=S(=O)(c1ccc2c(c1)CCC2)N(CCc1nccs1)C1CC1. The number of nitrogens with zero attached hydrogens (tertiary/aromatic N) is 2. The quantitative estimate of drug-likeness (QED) is 0.806. The van der Waals surface area contributed by atoms with Crippen molar-refractivity contribution in [3.8, 4) is 0 Å². The third kappa shape index (κ3) is 3.07. The molecule has 4 nitrogen and oxygen atoms in total. The van der Waals surface area contributed by atoms with Gasteiger partial charge in [0.05, 0.1) is 9.90 Å². The first-order valence-corrected chi connectivity index (χ1v) is 10.5. The largest absolute Gasteiger partial charge is 0.250 e. The van der Waals surface area contributed by atoms with Crippen molar-refractivity contribution in [1.82, 2.24) is 9.29 Å². The van der Waals surface area contributed by atoms with Crippen molar-refractivity contribution in [2.24, 2.45) is 0 Å². The summed E-state index contributed by atoms with van der Waals surface area (Å²) < 4.78 is 27.9. The van der Waals surface area contributed by atoms with Crippen molar-refractivity contribution in [3.05, 3.63) is 45.9 Å². The molecule has 0 radical (unpaired) electrons. The normalized spacial score (nSPS) is 17.6. The molecule has 0 spiro atoms. The van der Waals surface area contributed by atoms with Gasteiger partial charge in [0.1, 0.15) is 0 Å². The number of sulfonamides is 1. The van der Waals surface area contributed by atoms with E-state index in [1.165, 1.54) is 11.1 Å². The summed E-state index contributed by atoms with van der Waals surface area (Å²) in [5.74, 6) is 0. The summed E-state index contributed by atoms with van der Waals surface area (Å²) in [4.78, 5) is 4.73. The van der Waals surface area contributed by atoms with E-state index >= 15 is 0 Å². The molecular weight excluding hydrogens is 328 g/mol. The van der Waals surface area contributed by atoms with E-state index in [0.717, 1.165) is 37.1 Å². The molecule has 0 amide bonds. The first kappa shape index (κ1) is 15.3. The van der Waals surface area contributed by atoms with Crippen LogP contribution >= 0.6 is 11.3 Å². The zero-order valence-electron chi connectivity index (χ0n) is 12.9. The Morgan fingerprint density at radius 2 is 2.04 bits per heavy atom. The predicted octanol–water partition coefficient (Wildman–Crippen LogP) is 3.03. The fourth-order valence-corrected chi connectivity index (χ4v) is 5.63. The Morgan fingerprint density at radius 1 is 1.22 bits per heavy atom. The van der Waals surface area contributed by atoms with Crippen molar-refractivity contribution in [3.63, 3.8) is 0 Å². The van der Waals surface area contributed by atoms with Crippen molar-refractivity contribution < 1.29 is 8.42 Å². The average Bonchev–Trinajstić information content (AvgIpc) is 3.04. The van der Waals surface area contributed by atoms with E-state index < -0.39 is 10.0 Å². The maximum absolute atomic E-state index is 13.1. The Hall–Kier alpha value is -1.24. The third-order valence-electron chi connectivity index (χ3n) is 4.66. The number of benzene rings is 1. The van der Waals surface area contributed by atoms with Crippen molar-refractivity contribution in [2.45, 2.75) is 49.5 Å². The van der Waals surface area contributed by atoms with Crippen LogP contribution in [-0.4, -0.2) is 30.3 Å². The third-order valence-corrected chi connectivity index (χ3v) is 7.45. The van der Waals surface area contributed by atoms with Gasteiger partial charge in [0.2, 0.25) is 10.0 Å². The monoisotopic (exact) mass is 348 g/mol. The van der Waals surface area contributed by atoms with E-state index in [2.05, 4.69) is 4.98 Å². The minimum Gasteiger partial charge on any atom is -0.250 e. The number of rotatable bonds is 6. The van der Waals surface area contributed by atoms with Gasteiger partial charge in [-0.05, 0) is 55.4 Å². The fraction of sp³-hybridized carbons (Fsp3) is 0.471. The maximum atomic E-state index is 13.1. The molecule has 0 N–H and O–H groups in total. The van der Waals surface area contributed by atoms with Crippen LogP contribution in [0.4, 0.5) is 0 Å². The first-order valence-electron chi connectivity index (χ1n) is 8.16. The second-order valence-electron chi connectivity index (χ2n) is 6.31. The molecule has 23 heavy (non-hydrogen) atoms. The zero-order chi connectivity index (χ0) is 15.9. The molecule has 1 saturated carbocycles. The Bertz CT molecular complexity index is 796. The number of aromatic nitrogens is 1. The van der Waals surface area contributed by atoms with Crippen molar-refractivity contribution in [2.75, 3.05) is 6.54 Å². The molecule has 1 heterocycles. The van der Waals surface area contributed by atoms with Crippen molar-refractivity contribution in [1.29, 1.82) is 0 Å². The smallest absolute Gasteiger partial charge is 0.243 e. The highest BCUT2D eigenvalue weighted by Crippen LogP contribution is 2.33. The van der Waals surface area contributed by atoms with Gasteiger partial charge in [-0.1, -0.05) is 6.07 Å². The molecule has 0 saturated heterocycles. The summed E-state index contributed by atoms with van der Waals surface area (Å²) in [5, 5.41) is 2.94. The molecule has 2 aliphatic carbocycles. The Balaban J connectivity index is 1.59. The highest BCUT2D eigenvalue weighted by Gasteiger charge is 2.38. The van der Waals surface area contributed by atoms with Crippen LogP contribution in [0.1, 0.15) is 35.4 Å². The predicted molar refractivity (Wildman–Crippen MR) is 91.2 cm³/mol. The minimum absolute atomic E-state index is 0.174. The van der Waals surface area contributed by atoms with Crippen LogP contribution in [0.15, 0.2) is 34.7 Å². The molecule has 0 aliphatic heterocycles. The fourth-order valence-electron chi connectivity index (χ4n) is 3.29. The van der Waals surface area contributed by atoms with E-state index in [4.69, 9.17) is 0 Å². The Morgan fingerprint density at radius 3 is 2.78 bits per heavy atom. The topological polar surface area (TPSA) is 50.3 Å². The van der Waals surface area contributed by atoms with Gasteiger partial charge in [-0.15, -0.1) is 11.3 Å². The number of hydrogen-bond donors (Lipinski definition) is 0. The molecule has 1 aromatic carbocycles. The molecule has 2 aliphatic rings. The van der Waals surface area contributed by atoms with Gasteiger partial charge in [0.25, 0.3) is 0 Å². The summed E-state index contributed by atoms with van der Waals surface area (Å²) in [6.45, 7) is 0.525. The van der Waals surface area contributed by atoms with Crippen LogP contribution < -0.4 is 0 Å². The van der Waals surface area contributed by atoms with Gasteiger partial charge in [-0.25, -0.2) is 13.4 Å². The lowest BCUT2D eigenvalue weighted by atomic mass is 10.1. The summed E-state index contributed by atoms with van der Waals surface area (Å²) in [6.07, 6.45) is 7.63. The maximum Gasteiger partial charge on any atom is 0.243 e. The molecule has 122 valence electrons. The second kappa shape index (κ2) is 6.00. The molecule has 1 fully saturated rings. The minimum atomic E-state index is -3.40. The van der Waals surface area contributed by atoms with Crippen molar-refractivity contribution >= 4 is 21.4 Å². The summed E-state index contributed by atoms with van der Waals surface area (Å²) >= 11 is 1.59. The molecule has 1 aromatic heterocycles. The number of aryl methyl sites for hydroxylation is 2. The van der Waals surface area contributed by atoms with Gasteiger partial charge < -0.3 is 0 Å². The van der Waals surface area contributed by atoms with E-state index in [1.54, 1.807) is 27.9 Å². The standard InChI is InChI=1S/C17H20N2O2S2/c20-23(21,16-7-4-13-2-1-3-14(13)12-16)19(15-5-6-15)10-8-17-18-9-11-22-17/h4,7,9,11-12,15H,1-3,5-6,8,10H2. The Labute approximate surface area is 141 Å². The van der Waals surface area contributed by atoms with E-state index in [1.807, 2.05) is 17.5 Å². The molecule has 2 aromatic rings. The van der Waals surface area contributed by atoms with Crippen LogP contribution in [0.25, 0.3) is 0 Å². The lowest BCUT2D eigenvalue weighted by molar-refractivity contribution is 0.407. The lowest BCUT2D eigenvalue weighted by Gasteiger charge is -2.22. The molecule has 4 rings (SSSR count). The Kier molecular flexibility index (Phi) is 3.99. The lowest BCUT2D eigenvalue weighted by Crippen LogP contribution is -2.35.